The van der Waals surface area contributed by atoms with Gasteiger partial charge in [0, 0.05) is 28.8 Å². The largest absolute Gasteiger partial charge is 0.372 e. The fraction of sp³-hybridized carbons (Fsp3) is 0.765. The summed E-state index contributed by atoms with van der Waals surface area (Å²) in [5.41, 5.74) is 0.243. The van der Waals surface area contributed by atoms with Crippen LogP contribution in [0.3, 0.4) is 0 Å². The van der Waals surface area contributed by atoms with Crippen molar-refractivity contribution in [3.63, 3.8) is 0 Å². The first-order valence-corrected chi connectivity index (χ1v) is 8.62. The zero-order valence-electron chi connectivity index (χ0n) is 13.5. The van der Waals surface area contributed by atoms with Crippen molar-refractivity contribution in [2.24, 2.45) is 11.8 Å². The van der Waals surface area contributed by atoms with Gasteiger partial charge in [0.2, 0.25) is 0 Å². The van der Waals surface area contributed by atoms with E-state index in [0.717, 1.165) is 19.7 Å². The predicted octanol–water partition coefficient (Wildman–Crippen LogP) is 4.37. The highest BCUT2D eigenvalue weighted by atomic mass is 32.1. The lowest BCUT2D eigenvalue weighted by molar-refractivity contribution is 0.0932. The highest BCUT2D eigenvalue weighted by molar-refractivity contribution is 7.12. The van der Waals surface area contributed by atoms with E-state index in [0.29, 0.717) is 17.9 Å². The Bertz CT molecular complexity index is 419. The number of nitrogens with one attached hydrogen (secondary N) is 1. The Balaban J connectivity index is 1.98. The number of hydrogen-bond donors (Lipinski definition) is 1. The molecule has 0 aromatic carbocycles. The first-order chi connectivity index (χ1) is 9.38. The van der Waals surface area contributed by atoms with E-state index in [1.54, 1.807) is 0 Å². The zero-order chi connectivity index (χ0) is 14.8. The van der Waals surface area contributed by atoms with E-state index >= 15 is 0 Å². The van der Waals surface area contributed by atoms with E-state index in [9.17, 15) is 0 Å². The van der Waals surface area contributed by atoms with Crippen molar-refractivity contribution in [1.29, 1.82) is 0 Å². The smallest absolute Gasteiger partial charge is 0.0957 e. The van der Waals surface area contributed by atoms with Gasteiger partial charge in [-0.25, -0.2) is 0 Å². The van der Waals surface area contributed by atoms with Crippen molar-refractivity contribution in [2.75, 3.05) is 19.7 Å². The fourth-order valence-corrected chi connectivity index (χ4v) is 3.83. The Labute approximate surface area is 127 Å². The molecule has 0 amide bonds. The van der Waals surface area contributed by atoms with Crippen LogP contribution in [0.4, 0.5) is 0 Å². The Kier molecular flexibility index (Phi) is 5.27. The summed E-state index contributed by atoms with van der Waals surface area (Å²) < 4.78 is 6.01. The van der Waals surface area contributed by atoms with Crippen LogP contribution in [0.5, 0.6) is 0 Å². The SMILES string of the molecule is CC(C)CNCC1CCOC1c1ccc(C(C)(C)C)s1. The number of thiophene rings is 1. The molecule has 0 saturated carbocycles. The molecule has 0 bridgehead atoms. The van der Waals surface area contributed by atoms with Crippen LogP contribution in [0.2, 0.25) is 0 Å². The second kappa shape index (κ2) is 6.59. The molecule has 1 aliphatic heterocycles. The first-order valence-electron chi connectivity index (χ1n) is 7.80. The van der Waals surface area contributed by atoms with Crippen LogP contribution in [0.1, 0.15) is 56.9 Å². The van der Waals surface area contributed by atoms with Crippen LogP contribution in [-0.2, 0) is 10.2 Å². The van der Waals surface area contributed by atoms with Crippen molar-refractivity contribution in [3.8, 4) is 0 Å². The van der Waals surface area contributed by atoms with Crippen LogP contribution < -0.4 is 5.32 Å². The van der Waals surface area contributed by atoms with Crippen LogP contribution in [0.15, 0.2) is 12.1 Å². The molecule has 0 radical (unpaired) electrons. The maximum absolute atomic E-state index is 6.01. The van der Waals surface area contributed by atoms with E-state index in [1.807, 2.05) is 11.3 Å². The van der Waals surface area contributed by atoms with Gasteiger partial charge in [-0.2, -0.15) is 0 Å². The maximum Gasteiger partial charge on any atom is 0.0957 e. The molecule has 1 fully saturated rings. The standard InChI is InChI=1S/C17H29NOS/c1-12(2)10-18-11-13-8-9-19-16(13)14-6-7-15(20-14)17(3,4)5/h6-7,12-13,16,18H,8-11H2,1-5H3. The van der Waals surface area contributed by atoms with E-state index in [1.165, 1.54) is 16.2 Å². The molecule has 1 N–H and O–H groups in total. The quantitative estimate of drug-likeness (QED) is 0.871. The minimum Gasteiger partial charge on any atom is -0.372 e. The van der Waals surface area contributed by atoms with Crippen molar-refractivity contribution in [2.45, 2.75) is 52.6 Å². The predicted molar refractivity (Wildman–Crippen MR) is 87.5 cm³/mol. The fourth-order valence-electron chi connectivity index (χ4n) is 2.62. The Morgan fingerprint density at radius 2 is 2.10 bits per heavy atom. The van der Waals surface area contributed by atoms with Gasteiger partial charge in [-0.05, 0) is 36.4 Å². The molecular weight excluding hydrogens is 266 g/mol. The first kappa shape index (κ1) is 16.0. The van der Waals surface area contributed by atoms with E-state index in [2.05, 4.69) is 52.1 Å². The van der Waals surface area contributed by atoms with E-state index < -0.39 is 0 Å². The number of ether oxygens (including phenoxy) is 1. The van der Waals surface area contributed by atoms with Crippen molar-refractivity contribution in [1.82, 2.24) is 5.32 Å². The zero-order valence-corrected chi connectivity index (χ0v) is 14.3. The highest BCUT2D eigenvalue weighted by Crippen LogP contribution is 2.40. The van der Waals surface area contributed by atoms with Gasteiger partial charge >= 0.3 is 0 Å². The number of hydrogen-bond acceptors (Lipinski definition) is 3. The van der Waals surface area contributed by atoms with E-state index in [4.69, 9.17) is 4.74 Å². The summed E-state index contributed by atoms with van der Waals surface area (Å²) >= 11 is 1.93. The summed E-state index contributed by atoms with van der Waals surface area (Å²) in [4.78, 5) is 2.86. The average Bonchev–Trinajstić information content (AvgIpc) is 2.93. The minimum atomic E-state index is 0.243. The van der Waals surface area contributed by atoms with Crippen molar-refractivity contribution in [3.05, 3.63) is 21.9 Å². The summed E-state index contributed by atoms with van der Waals surface area (Å²) in [5.74, 6) is 1.34. The summed E-state index contributed by atoms with van der Waals surface area (Å²) in [6.07, 6.45) is 1.48. The molecule has 0 spiro atoms. The summed E-state index contributed by atoms with van der Waals surface area (Å²) in [5, 5.41) is 3.59. The Hall–Kier alpha value is -0.380. The van der Waals surface area contributed by atoms with Gasteiger partial charge in [-0.15, -0.1) is 11.3 Å². The summed E-state index contributed by atoms with van der Waals surface area (Å²) in [7, 11) is 0. The van der Waals surface area contributed by atoms with Gasteiger partial charge in [0.05, 0.1) is 6.10 Å². The molecule has 1 saturated heterocycles. The molecule has 2 atom stereocenters. The lowest BCUT2D eigenvalue weighted by atomic mass is 9.95. The van der Waals surface area contributed by atoms with Crippen molar-refractivity contribution < 1.29 is 4.74 Å². The van der Waals surface area contributed by atoms with Gasteiger partial charge < -0.3 is 10.1 Å². The third kappa shape index (κ3) is 4.06. The molecular formula is C17H29NOS. The number of rotatable bonds is 5. The molecule has 2 rings (SSSR count). The second-order valence-corrected chi connectivity index (χ2v) is 8.46. The highest BCUT2D eigenvalue weighted by Gasteiger charge is 2.31. The Morgan fingerprint density at radius 3 is 2.70 bits per heavy atom. The third-order valence-electron chi connectivity index (χ3n) is 3.82. The van der Waals surface area contributed by atoms with Gasteiger partial charge in [-0.3, -0.25) is 0 Å². The van der Waals surface area contributed by atoms with Gasteiger partial charge in [-0.1, -0.05) is 34.6 Å². The summed E-state index contributed by atoms with van der Waals surface area (Å²) in [6, 6.07) is 4.55. The van der Waals surface area contributed by atoms with Crippen LogP contribution in [0, 0.1) is 11.8 Å². The van der Waals surface area contributed by atoms with Crippen LogP contribution in [-0.4, -0.2) is 19.7 Å². The lowest BCUT2D eigenvalue weighted by Crippen LogP contribution is -2.27. The Morgan fingerprint density at radius 1 is 1.35 bits per heavy atom. The lowest BCUT2D eigenvalue weighted by Gasteiger charge is -2.19. The molecule has 1 aromatic rings. The molecule has 20 heavy (non-hydrogen) atoms. The monoisotopic (exact) mass is 295 g/mol. The molecule has 1 aliphatic rings. The molecule has 1 aromatic heterocycles. The summed E-state index contributed by atoms with van der Waals surface area (Å²) in [6.45, 7) is 14.4. The average molecular weight is 295 g/mol. The van der Waals surface area contributed by atoms with Crippen LogP contribution in [0.25, 0.3) is 0 Å². The molecule has 2 unspecified atom stereocenters. The van der Waals surface area contributed by atoms with Gasteiger partial charge in [0.1, 0.15) is 0 Å². The minimum absolute atomic E-state index is 0.243. The van der Waals surface area contributed by atoms with Crippen LogP contribution >= 0.6 is 11.3 Å². The molecule has 2 heterocycles. The normalized spacial score (nSPS) is 23.7. The van der Waals surface area contributed by atoms with Crippen molar-refractivity contribution >= 4 is 11.3 Å². The molecule has 2 nitrogen and oxygen atoms in total. The van der Waals surface area contributed by atoms with E-state index in [-0.39, 0.29) is 5.41 Å². The second-order valence-electron chi connectivity index (χ2n) is 7.34. The van der Waals surface area contributed by atoms with Gasteiger partial charge in [0.15, 0.2) is 0 Å². The third-order valence-corrected chi connectivity index (χ3v) is 5.39. The van der Waals surface area contributed by atoms with Gasteiger partial charge in [0.25, 0.3) is 0 Å². The molecule has 0 aliphatic carbocycles. The molecule has 3 heteroatoms. The topological polar surface area (TPSA) is 21.3 Å². The maximum atomic E-state index is 6.01. The molecule has 114 valence electrons.